The van der Waals surface area contributed by atoms with Crippen LogP contribution < -0.4 is 0 Å². The van der Waals surface area contributed by atoms with Gasteiger partial charge in [-0.15, -0.1) is 0 Å². The van der Waals surface area contributed by atoms with Gasteiger partial charge in [-0.05, 0) is 38.8 Å². The molecule has 2 aromatic rings. The number of nitrogens with one attached hydrogen (secondary N) is 1. The zero-order valence-electron chi connectivity index (χ0n) is 13.9. The summed E-state index contributed by atoms with van der Waals surface area (Å²) < 4.78 is 10.5. The number of H-pyrrole nitrogens is 1. The Bertz CT molecular complexity index is 720. The Morgan fingerprint density at radius 1 is 1.50 bits per heavy atom. The first-order valence-corrected chi connectivity index (χ1v) is 8.16. The van der Waals surface area contributed by atoms with Gasteiger partial charge in [0.15, 0.2) is 5.76 Å². The summed E-state index contributed by atoms with van der Waals surface area (Å²) in [5.41, 5.74) is 1.68. The normalized spacial score (nSPS) is 17.8. The first-order valence-electron chi connectivity index (χ1n) is 8.16. The molecule has 3 heterocycles. The van der Waals surface area contributed by atoms with E-state index in [2.05, 4.69) is 10.2 Å². The Hall–Kier alpha value is -2.57. The molecule has 0 radical (unpaired) electrons. The van der Waals surface area contributed by atoms with Crippen LogP contribution in [-0.2, 0) is 9.53 Å². The van der Waals surface area contributed by atoms with E-state index in [0.717, 1.165) is 12.8 Å². The van der Waals surface area contributed by atoms with Crippen molar-refractivity contribution >= 4 is 11.9 Å². The highest BCUT2D eigenvalue weighted by molar-refractivity contribution is 6.00. The van der Waals surface area contributed by atoms with Gasteiger partial charge in [-0.3, -0.25) is 14.7 Å². The van der Waals surface area contributed by atoms with Crippen LogP contribution in [0.4, 0.5) is 0 Å². The van der Waals surface area contributed by atoms with Crippen LogP contribution in [0.2, 0.25) is 0 Å². The predicted octanol–water partition coefficient (Wildman–Crippen LogP) is 2.39. The van der Waals surface area contributed by atoms with Crippen molar-refractivity contribution in [3.63, 3.8) is 0 Å². The molecule has 0 saturated carbocycles. The van der Waals surface area contributed by atoms with Crippen LogP contribution in [0.3, 0.4) is 0 Å². The molecule has 0 bridgehead atoms. The second-order valence-corrected chi connectivity index (χ2v) is 5.89. The fourth-order valence-electron chi connectivity index (χ4n) is 3.05. The van der Waals surface area contributed by atoms with E-state index < -0.39 is 0 Å². The van der Waals surface area contributed by atoms with Crippen LogP contribution in [0, 0.1) is 12.8 Å². The van der Waals surface area contributed by atoms with Gasteiger partial charge in [0, 0.05) is 18.8 Å². The molecule has 7 nitrogen and oxygen atoms in total. The van der Waals surface area contributed by atoms with Gasteiger partial charge in [-0.1, -0.05) is 0 Å². The second-order valence-electron chi connectivity index (χ2n) is 5.89. The minimum absolute atomic E-state index is 0.137. The van der Waals surface area contributed by atoms with Gasteiger partial charge in [-0.2, -0.15) is 5.10 Å². The standard InChI is InChI=1S/C17H21N3O4/c1-3-23-17(22)12-6-4-8-20(10-12)16(21)14-11(2)18-19-15(14)13-7-5-9-24-13/h5,7,9,12H,3-4,6,8,10H2,1-2H3,(H,18,19). The number of likely N-dealkylation sites (tertiary alicyclic amines) is 1. The zero-order valence-corrected chi connectivity index (χ0v) is 13.9. The average Bonchev–Trinajstić information content (AvgIpc) is 3.24. The Labute approximate surface area is 140 Å². The zero-order chi connectivity index (χ0) is 17.1. The largest absolute Gasteiger partial charge is 0.466 e. The van der Waals surface area contributed by atoms with Crippen molar-refractivity contribution in [3.8, 4) is 11.5 Å². The van der Waals surface area contributed by atoms with E-state index >= 15 is 0 Å². The van der Waals surface area contributed by atoms with Gasteiger partial charge >= 0.3 is 5.97 Å². The van der Waals surface area contributed by atoms with Crippen LogP contribution in [0.25, 0.3) is 11.5 Å². The third-order valence-corrected chi connectivity index (χ3v) is 4.24. The lowest BCUT2D eigenvalue weighted by molar-refractivity contribution is -0.149. The molecule has 1 aliphatic rings. The van der Waals surface area contributed by atoms with Crippen LogP contribution in [0.5, 0.6) is 0 Å². The molecule has 3 rings (SSSR count). The molecular formula is C17H21N3O4. The van der Waals surface area contributed by atoms with Gasteiger partial charge in [-0.25, -0.2) is 0 Å². The van der Waals surface area contributed by atoms with Crippen molar-refractivity contribution in [1.29, 1.82) is 0 Å². The minimum Gasteiger partial charge on any atom is -0.466 e. The number of carbonyl (C=O) groups excluding carboxylic acids is 2. The topological polar surface area (TPSA) is 88.4 Å². The monoisotopic (exact) mass is 331 g/mol. The molecule has 0 aromatic carbocycles. The molecule has 1 saturated heterocycles. The van der Waals surface area contributed by atoms with E-state index in [0.29, 0.717) is 42.4 Å². The predicted molar refractivity (Wildman–Crippen MR) is 86.3 cm³/mol. The Balaban J connectivity index is 1.82. The lowest BCUT2D eigenvalue weighted by Crippen LogP contribution is -2.43. The van der Waals surface area contributed by atoms with Crippen LogP contribution in [-0.4, -0.2) is 46.7 Å². The van der Waals surface area contributed by atoms with Crippen molar-refractivity contribution in [2.75, 3.05) is 19.7 Å². The summed E-state index contributed by atoms with van der Waals surface area (Å²) in [6, 6.07) is 3.52. The molecular weight excluding hydrogens is 310 g/mol. The van der Waals surface area contributed by atoms with E-state index in [1.165, 1.54) is 0 Å². The number of aromatic nitrogens is 2. The highest BCUT2D eigenvalue weighted by atomic mass is 16.5. The van der Waals surface area contributed by atoms with Gasteiger partial charge in [0.25, 0.3) is 5.91 Å². The number of rotatable bonds is 4. The molecule has 1 amide bonds. The molecule has 1 atom stereocenters. The van der Waals surface area contributed by atoms with Crippen LogP contribution in [0.15, 0.2) is 22.8 Å². The summed E-state index contributed by atoms with van der Waals surface area (Å²) in [6.45, 7) is 4.94. The van der Waals surface area contributed by atoms with Gasteiger partial charge in [0.2, 0.25) is 0 Å². The number of nitrogens with zero attached hydrogens (tertiary/aromatic N) is 2. The summed E-state index contributed by atoms with van der Waals surface area (Å²) in [5, 5.41) is 7.05. The molecule has 2 aromatic heterocycles. The second kappa shape index (κ2) is 6.90. The maximum atomic E-state index is 13.0. The lowest BCUT2D eigenvalue weighted by atomic mass is 9.97. The molecule has 128 valence electrons. The summed E-state index contributed by atoms with van der Waals surface area (Å²) in [5.74, 6) is -0.0876. The molecule has 1 N–H and O–H groups in total. The number of hydrogen-bond donors (Lipinski definition) is 1. The van der Waals surface area contributed by atoms with E-state index in [1.54, 1.807) is 37.1 Å². The third-order valence-electron chi connectivity index (χ3n) is 4.24. The van der Waals surface area contributed by atoms with E-state index in [1.807, 2.05) is 0 Å². The van der Waals surface area contributed by atoms with Gasteiger partial charge in [0.1, 0.15) is 5.69 Å². The number of hydrogen-bond acceptors (Lipinski definition) is 5. The molecule has 7 heteroatoms. The maximum Gasteiger partial charge on any atom is 0.310 e. The summed E-state index contributed by atoms with van der Waals surface area (Å²) in [4.78, 5) is 26.7. The fourth-order valence-corrected chi connectivity index (χ4v) is 3.05. The SMILES string of the molecule is CCOC(=O)C1CCCN(C(=O)c2c(-c3ccco3)n[nH]c2C)C1. The number of carbonyl (C=O) groups is 2. The van der Waals surface area contributed by atoms with Crippen molar-refractivity contribution < 1.29 is 18.7 Å². The molecule has 1 aliphatic heterocycles. The quantitative estimate of drug-likeness (QED) is 0.869. The fraction of sp³-hybridized carbons (Fsp3) is 0.471. The van der Waals surface area contributed by atoms with Crippen molar-refractivity contribution in [1.82, 2.24) is 15.1 Å². The van der Waals surface area contributed by atoms with Crippen molar-refractivity contribution in [3.05, 3.63) is 29.7 Å². The minimum atomic E-state index is -0.262. The van der Waals surface area contributed by atoms with E-state index in [-0.39, 0.29) is 17.8 Å². The highest BCUT2D eigenvalue weighted by Crippen LogP contribution is 2.27. The maximum absolute atomic E-state index is 13.0. The first kappa shape index (κ1) is 16.3. The number of piperidine rings is 1. The molecule has 0 aliphatic carbocycles. The van der Waals surface area contributed by atoms with E-state index in [9.17, 15) is 9.59 Å². The molecule has 1 unspecified atom stereocenters. The Kier molecular flexibility index (Phi) is 4.69. The number of amides is 1. The number of aromatic amines is 1. The van der Waals surface area contributed by atoms with Crippen LogP contribution >= 0.6 is 0 Å². The first-order chi connectivity index (χ1) is 11.6. The summed E-state index contributed by atoms with van der Waals surface area (Å²) in [7, 11) is 0. The van der Waals surface area contributed by atoms with Gasteiger partial charge in [0.05, 0.1) is 24.4 Å². The number of esters is 1. The van der Waals surface area contributed by atoms with Crippen LogP contribution in [0.1, 0.15) is 35.8 Å². The molecule has 1 fully saturated rings. The number of aryl methyl sites for hydroxylation is 1. The highest BCUT2D eigenvalue weighted by Gasteiger charge is 2.32. The average molecular weight is 331 g/mol. The molecule has 0 spiro atoms. The smallest absolute Gasteiger partial charge is 0.310 e. The molecule has 24 heavy (non-hydrogen) atoms. The Morgan fingerprint density at radius 2 is 2.33 bits per heavy atom. The summed E-state index contributed by atoms with van der Waals surface area (Å²) >= 11 is 0. The van der Waals surface area contributed by atoms with E-state index in [4.69, 9.17) is 9.15 Å². The van der Waals surface area contributed by atoms with Crippen molar-refractivity contribution in [2.24, 2.45) is 5.92 Å². The number of furan rings is 1. The van der Waals surface area contributed by atoms with Crippen molar-refractivity contribution in [2.45, 2.75) is 26.7 Å². The summed E-state index contributed by atoms with van der Waals surface area (Å²) in [6.07, 6.45) is 3.07. The lowest BCUT2D eigenvalue weighted by Gasteiger charge is -2.31. The number of ether oxygens (including phenoxy) is 1. The van der Waals surface area contributed by atoms with Gasteiger partial charge < -0.3 is 14.1 Å². The Morgan fingerprint density at radius 3 is 3.04 bits per heavy atom. The third kappa shape index (κ3) is 3.06.